The van der Waals surface area contributed by atoms with Crippen LogP contribution < -0.4 is 4.74 Å². The molecule has 0 bridgehead atoms. The largest absolute Gasteiger partial charge is 0.497 e. The lowest BCUT2D eigenvalue weighted by Crippen LogP contribution is -2.59. The van der Waals surface area contributed by atoms with Crippen LogP contribution in [-0.2, 0) is 25.6 Å². The topological polar surface area (TPSA) is 168 Å². The minimum absolute atomic E-state index is 0.0656. The van der Waals surface area contributed by atoms with Crippen LogP contribution >= 0.6 is 0 Å². The zero-order chi connectivity index (χ0) is 21.9. The van der Waals surface area contributed by atoms with Gasteiger partial charge in [-0.05, 0) is 17.7 Å². The van der Waals surface area contributed by atoms with Gasteiger partial charge in [0.1, 0.15) is 41.9 Å². The third kappa shape index (κ3) is 4.92. The second kappa shape index (κ2) is 9.83. The van der Waals surface area contributed by atoms with E-state index in [0.717, 1.165) is 5.56 Å². The third-order valence-corrected chi connectivity index (χ3v) is 5.25. The molecule has 2 heterocycles. The van der Waals surface area contributed by atoms with Crippen LogP contribution in [0.1, 0.15) is 5.56 Å². The maximum Gasteiger partial charge on any atom is 0.187 e. The zero-order valence-corrected chi connectivity index (χ0v) is 16.4. The summed E-state index contributed by atoms with van der Waals surface area (Å²) in [4.78, 5) is 0. The fraction of sp³-hybridized carbons (Fsp3) is 0.684. The summed E-state index contributed by atoms with van der Waals surface area (Å²) in [5, 5.41) is 59.6. The number of methoxy groups -OCH3 is 1. The highest BCUT2D eigenvalue weighted by Gasteiger charge is 2.50. The summed E-state index contributed by atoms with van der Waals surface area (Å²) in [5.41, 5.74) is -1.08. The molecule has 0 aliphatic carbocycles. The van der Waals surface area contributed by atoms with E-state index in [1.54, 1.807) is 31.4 Å². The molecule has 11 heteroatoms. The number of aliphatic hydroxyl groups is 6. The van der Waals surface area contributed by atoms with Crippen LogP contribution in [0.3, 0.4) is 0 Å². The van der Waals surface area contributed by atoms with Crippen molar-refractivity contribution in [3.63, 3.8) is 0 Å². The molecule has 6 N–H and O–H groups in total. The highest BCUT2D eigenvalue weighted by molar-refractivity contribution is 5.26. The van der Waals surface area contributed by atoms with Crippen molar-refractivity contribution in [2.24, 2.45) is 0 Å². The Labute approximate surface area is 172 Å². The highest BCUT2D eigenvalue weighted by Crippen LogP contribution is 2.28. The first-order chi connectivity index (χ1) is 14.3. The monoisotopic (exact) mass is 432 g/mol. The summed E-state index contributed by atoms with van der Waals surface area (Å²) >= 11 is 0. The number of aliphatic hydroxyl groups excluding tert-OH is 5. The minimum atomic E-state index is -1.85. The minimum Gasteiger partial charge on any atom is -0.497 e. The molecule has 0 saturated carbocycles. The molecule has 1 aromatic carbocycles. The predicted octanol–water partition coefficient (Wildman–Crippen LogP) is -2.52. The molecule has 2 aliphatic heterocycles. The average Bonchev–Trinajstić information content (AvgIpc) is 3.05. The van der Waals surface area contributed by atoms with Crippen molar-refractivity contribution in [2.45, 2.75) is 55.3 Å². The van der Waals surface area contributed by atoms with E-state index >= 15 is 0 Å². The number of benzene rings is 1. The molecule has 0 spiro atoms. The molecule has 3 rings (SSSR count). The van der Waals surface area contributed by atoms with Crippen LogP contribution in [0.15, 0.2) is 24.3 Å². The first-order valence-electron chi connectivity index (χ1n) is 9.48. The Morgan fingerprint density at radius 2 is 1.70 bits per heavy atom. The Balaban J connectivity index is 1.56. The van der Waals surface area contributed by atoms with Crippen molar-refractivity contribution in [3.8, 4) is 5.75 Å². The summed E-state index contributed by atoms with van der Waals surface area (Å²) in [5.74, 6) is 0.674. The molecule has 0 aromatic heterocycles. The lowest BCUT2D eigenvalue weighted by Gasteiger charge is -2.40. The Kier molecular flexibility index (Phi) is 7.63. The normalized spacial score (nSPS) is 39.2. The number of hydrogen-bond donors (Lipinski definition) is 6. The van der Waals surface area contributed by atoms with Gasteiger partial charge in [-0.15, -0.1) is 0 Å². The number of ether oxygens (including phenoxy) is 5. The molecule has 8 unspecified atom stereocenters. The average molecular weight is 432 g/mol. The molecule has 8 atom stereocenters. The van der Waals surface area contributed by atoms with Crippen LogP contribution in [-0.4, -0.2) is 106 Å². The number of rotatable bonds is 8. The van der Waals surface area contributed by atoms with E-state index in [1.807, 2.05) is 0 Å². The molecule has 2 fully saturated rings. The van der Waals surface area contributed by atoms with Gasteiger partial charge in [-0.25, -0.2) is 0 Å². The molecule has 2 saturated heterocycles. The van der Waals surface area contributed by atoms with Gasteiger partial charge in [0.25, 0.3) is 0 Å². The van der Waals surface area contributed by atoms with Crippen molar-refractivity contribution >= 4 is 0 Å². The summed E-state index contributed by atoms with van der Waals surface area (Å²) in [6.07, 6.45) is -9.68. The molecule has 30 heavy (non-hydrogen) atoms. The van der Waals surface area contributed by atoms with Crippen molar-refractivity contribution in [2.75, 3.05) is 26.9 Å². The Hall–Kier alpha value is -1.38. The van der Waals surface area contributed by atoms with Gasteiger partial charge in [0, 0.05) is 0 Å². The summed E-state index contributed by atoms with van der Waals surface area (Å²) in [6.45, 7) is -1.33. The van der Waals surface area contributed by atoms with E-state index in [2.05, 4.69) is 0 Å². The fourth-order valence-corrected chi connectivity index (χ4v) is 3.22. The molecule has 0 amide bonds. The van der Waals surface area contributed by atoms with E-state index in [4.69, 9.17) is 28.8 Å². The molecule has 1 aromatic rings. The maximum atomic E-state index is 10.2. The molecule has 170 valence electrons. The summed E-state index contributed by atoms with van der Waals surface area (Å²) in [7, 11) is 1.55. The Bertz CT molecular complexity index is 671. The van der Waals surface area contributed by atoms with E-state index in [-0.39, 0.29) is 19.8 Å². The van der Waals surface area contributed by atoms with Gasteiger partial charge in [0.05, 0.1) is 33.5 Å². The second-order valence-electron chi connectivity index (χ2n) is 7.39. The molecular formula is C19H28O11. The molecule has 11 nitrogen and oxygen atoms in total. The van der Waals surface area contributed by atoms with Crippen LogP contribution in [0.2, 0.25) is 0 Å². The van der Waals surface area contributed by atoms with Crippen LogP contribution in [0.5, 0.6) is 5.75 Å². The first kappa shape index (κ1) is 23.3. The lowest BCUT2D eigenvalue weighted by molar-refractivity contribution is -0.312. The quantitative estimate of drug-likeness (QED) is 0.256. The SMILES string of the molecule is COc1ccc(COC2OC(COC3OCC(O)(CO)C3O)C(O)C(O)C2O)cc1. The third-order valence-electron chi connectivity index (χ3n) is 5.25. The van der Waals surface area contributed by atoms with Gasteiger partial charge >= 0.3 is 0 Å². The van der Waals surface area contributed by atoms with E-state index in [9.17, 15) is 25.5 Å². The Morgan fingerprint density at radius 3 is 2.30 bits per heavy atom. The van der Waals surface area contributed by atoms with Gasteiger partial charge in [0.15, 0.2) is 12.6 Å². The maximum absolute atomic E-state index is 10.2. The van der Waals surface area contributed by atoms with Crippen LogP contribution in [0, 0.1) is 0 Å². The smallest absolute Gasteiger partial charge is 0.187 e. The van der Waals surface area contributed by atoms with E-state index < -0.39 is 55.3 Å². The summed E-state index contributed by atoms with van der Waals surface area (Å²) in [6, 6.07) is 7.02. The second-order valence-corrected chi connectivity index (χ2v) is 7.39. The lowest BCUT2D eigenvalue weighted by atomic mass is 9.99. The zero-order valence-electron chi connectivity index (χ0n) is 16.4. The molecule has 2 aliphatic rings. The van der Waals surface area contributed by atoms with Crippen LogP contribution in [0.4, 0.5) is 0 Å². The fourth-order valence-electron chi connectivity index (χ4n) is 3.22. The van der Waals surface area contributed by atoms with Gasteiger partial charge in [-0.3, -0.25) is 0 Å². The number of hydrogen-bond acceptors (Lipinski definition) is 11. The van der Waals surface area contributed by atoms with Crippen molar-refractivity contribution in [3.05, 3.63) is 29.8 Å². The standard InChI is InChI=1S/C19H28O11/c1-26-11-4-2-10(3-5-11)6-27-17-15(23)14(22)13(21)12(30-17)7-28-18-16(24)19(25,8-20)9-29-18/h2-5,12-18,20-25H,6-9H2,1H3. The predicted molar refractivity (Wildman–Crippen MR) is 98.2 cm³/mol. The highest BCUT2D eigenvalue weighted by atomic mass is 16.7. The van der Waals surface area contributed by atoms with Gasteiger partial charge in [-0.2, -0.15) is 0 Å². The van der Waals surface area contributed by atoms with Crippen molar-refractivity contribution in [1.29, 1.82) is 0 Å². The van der Waals surface area contributed by atoms with Crippen LogP contribution in [0.25, 0.3) is 0 Å². The first-order valence-corrected chi connectivity index (χ1v) is 9.48. The molecule has 0 radical (unpaired) electrons. The summed E-state index contributed by atoms with van der Waals surface area (Å²) < 4.78 is 26.6. The van der Waals surface area contributed by atoms with Crippen molar-refractivity contribution < 1.29 is 54.3 Å². The van der Waals surface area contributed by atoms with E-state index in [0.29, 0.717) is 5.75 Å². The molecular weight excluding hydrogens is 404 g/mol. The Morgan fingerprint density at radius 1 is 1.00 bits per heavy atom. The van der Waals surface area contributed by atoms with Gasteiger partial charge in [0.2, 0.25) is 0 Å². The van der Waals surface area contributed by atoms with Crippen molar-refractivity contribution in [1.82, 2.24) is 0 Å². The van der Waals surface area contributed by atoms with Gasteiger partial charge in [-0.1, -0.05) is 12.1 Å². The van der Waals surface area contributed by atoms with Gasteiger partial charge < -0.3 is 54.3 Å². The van der Waals surface area contributed by atoms with E-state index in [1.165, 1.54) is 0 Å².